The van der Waals surface area contributed by atoms with Crippen LogP contribution in [0.25, 0.3) is 10.6 Å². The maximum Gasteiger partial charge on any atom is 0.191 e. The number of aromatic nitrogens is 4. The summed E-state index contributed by atoms with van der Waals surface area (Å²) in [4.78, 5) is 4.83. The zero-order valence-electron chi connectivity index (χ0n) is 18.6. The van der Waals surface area contributed by atoms with Gasteiger partial charge in [0.15, 0.2) is 11.0 Å². The van der Waals surface area contributed by atoms with Gasteiger partial charge in [0.25, 0.3) is 0 Å². The Morgan fingerprint density at radius 2 is 2.06 bits per heavy atom. The predicted molar refractivity (Wildman–Crippen MR) is 137 cm³/mol. The van der Waals surface area contributed by atoms with E-state index >= 15 is 0 Å². The summed E-state index contributed by atoms with van der Waals surface area (Å²) in [6.45, 7) is 0.635. The minimum absolute atomic E-state index is 0.468. The van der Waals surface area contributed by atoms with Crippen LogP contribution in [0.3, 0.4) is 0 Å². The molecular formula is C24H27N5OS3. The molecule has 1 saturated carbocycles. The summed E-state index contributed by atoms with van der Waals surface area (Å²) in [6, 6.07) is 10.6. The zero-order chi connectivity index (χ0) is 22.5. The van der Waals surface area contributed by atoms with Crippen LogP contribution in [0, 0.1) is 0 Å². The molecular weight excluding hydrogens is 470 g/mol. The van der Waals surface area contributed by atoms with Crippen LogP contribution in [0.2, 0.25) is 0 Å². The fraction of sp³-hybridized carbons (Fsp3) is 0.375. The van der Waals surface area contributed by atoms with Crippen molar-refractivity contribution in [3.63, 3.8) is 0 Å². The van der Waals surface area contributed by atoms with E-state index in [1.54, 1.807) is 41.5 Å². The Labute approximate surface area is 206 Å². The molecule has 0 radical (unpaired) electrons. The molecule has 0 spiro atoms. The van der Waals surface area contributed by atoms with Crippen LogP contribution in [0.5, 0.6) is 5.75 Å². The maximum atomic E-state index is 5.35. The summed E-state index contributed by atoms with van der Waals surface area (Å²) in [7, 11) is 1.69. The first-order valence-electron chi connectivity index (χ1n) is 11.2. The zero-order valence-corrected chi connectivity index (χ0v) is 21.0. The lowest BCUT2D eigenvalue weighted by molar-refractivity contribution is 0.330. The van der Waals surface area contributed by atoms with Gasteiger partial charge in [0, 0.05) is 39.9 Å². The van der Waals surface area contributed by atoms with Gasteiger partial charge < -0.3 is 14.6 Å². The van der Waals surface area contributed by atoms with Crippen LogP contribution in [0.1, 0.15) is 49.7 Å². The van der Waals surface area contributed by atoms with Crippen LogP contribution in [0.15, 0.2) is 51.6 Å². The minimum Gasteiger partial charge on any atom is -0.497 e. The Balaban J connectivity index is 1.31. The number of rotatable bonds is 9. The van der Waals surface area contributed by atoms with Gasteiger partial charge >= 0.3 is 0 Å². The molecule has 172 valence electrons. The van der Waals surface area contributed by atoms with Gasteiger partial charge in [-0.25, -0.2) is 4.98 Å². The van der Waals surface area contributed by atoms with E-state index in [1.807, 2.05) is 24.3 Å². The van der Waals surface area contributed by atoms with Crippen molar-refractivity contribution >= 4 is 40.1 Å². The van der Waals surface area contributed by atoms with Crippen molar-refractivity contribution in [1.82, 2.24) is 19.7 Å². The average molecular weight is 498 g/mol. The highest BCUT2D eigenvalue weighted by atomic mass is 32.2. The van der Waals surface area contributed by atoms with E-state index < -0.39 is 0 Å². The molecule has 0 bridgehead atoms. The number of thiazole rings is 1. The van der Waals surface area contributed by atoms with Crippen molar-refractivity contribution in [3.05, 3.63) is 58.0 Å². The van der Waals surface area contributed by atoms with E-state index in [0.29, 0.717) is 12.6 Å². The number of nitrogens with one attached hydrogen (secondary N) is 1. The van der Waals surface area contributed by atoms with E-state index in [0.717, 1.165) is 38.9 Å². The number of methoxy groups -OCH3 is 1. The molecule has 1 fully saturated rings. The third kappa shape index (κ3) is 5.42. The monoisotopic (exact) mass is 497 g/mol. The smallest absolute Gasteiger partial charge is 0.191 e. The highest BCUT2D eigenvalue weighted by Crippen LogP contribution is 2.34. The normalized spacial score (nSPS) is 14.5. The number of ether oxygens (including phenoxy) is 1. The first kappa shape index (κ1) is 22.4. The third-order valence-electron chi connectivity index (χ3n) is 5.86. The van der Waals surface area contributed by atoms with Crippen molar-refractivity contribution in [1.29, 1.82) is 0 Å². The van der Waals surface area contributed by atoms with Crippen LogP contribution in [-0.4, -0.2) is 26.9 Å². The van der Waals surface area contributed by atoms with E-state index in [9.17, 15) is 0 Å². The lowest BCUT2D eigenvalue weighted by Gasteiger charge is -2.25. The highest BCUT2D eigenvalue weighted by molar-refractivity contribution is 7.98. The van der Waals surface area contributed by atoms with E-state index in [1.165, 1.54) is 37.7 Å². The molecule has 0 amide bonds. The van der Waals surface area contributed by atoms with Crippen LogP contribution >= 0.6 is 34.4 Å². The summed E-state index contributed by atoms with van der Waals surface area (Å²) in [5.41, 5.74) is 3.32. The maximum absolute atomic E-state index is 5.35. The van der Waals surface area contributed by atoms with Crippen molar-refractivity contribution in [2.75, 3.05) is 12.4 Å². The standard InChI is InChI=1S/C24H27N5OS3/c1-30-21-9-5-6-18(12-21)25-13-22-27-28-24(29(22)20-7-3-2-4-8-20)33-16-19-15-32-23(26-19)17-10-11-31-14-17/h5-6,9-12,14-15,20,25H,2-4,7-8,13,16H2,1H3. The minimum atomic E-state index is 0.468. The van der Waals surface area contributed by atoms with E-state index in [4.69, 9.17) is 9.72 Å². The number of thioether (sulfide) groups is 1. The first-order chi connectivity index (χ1) is 16.3. The summed E-state index contributed by atoms with van der Waals surface area (Å²) < 4.78 is 7.73. The van der Waals surface area contributed by atoms with Gasteiger partial charge in [0.05, 0.1) is 19.3 Å². The molecule has 1 aromatic carbocycles. The molecule has 5 rings (SSSR count). The predicted octanol–water partition coefficient (Wildman–Crippen LogP) is 6.88. The van der Waals surface area contributed by atoms with Crippen molar-refractivity contribution in [3.8, 4) is 16.3 Å². The van der Waals surface area contributed by atoms with Gasteiger partial charge in [0.2, 0.25) is 0 Å². The Kier molecular flexibility index (Phi) is 7.28. The second-order valence-corrected chi connectivity index (χ2v) is 10.7. The molecule has 4 aromatic rings. The van der Waals surface area contributed by atoms with Gasteiger partial charge in [-0.05, 0) is 36.4 Å². The van der Waals surface area contributed by atoms with Gasteiger partial charge in [-0.15, -0.1) is 21.5 Å². The Hall–Kier alpha value is -2.36. The van der Waals surface area contributed by atoms with Gasteiger partial charge in [-0.3, -0.25) is 0 Å². The SMILES string of the molecule is COc1cccc(NCc2nnc(SCc3csc(-c4ccsc4)n3)n2C2CCCCC2)c1. The first-order valence-corrected chi connectivity index (χ1v) is 14.0. The van der Waals surface area contributed by atoms with Gasteiger partial charge in [-0.2, -0.15) is 11.3 Å². The topological polar surface area (TPSA) is 64.9 Å². The summed E-state index contributed by atoms with van der Waals surface area (Å²) in [6.07, 6.45) is 6.24. The molecule has 0 saturated heterocycles. The molecule has 3 aromatic heterocycles. The van der Waals surface area contributed by atoms with Crippen molar-refractivity contribution < 1.29 is 4.74 Å². The molecule has 9 heteroatoms. The molecule has 3 heterocycles. The van der Waals surface area contributed by atoms with Gasteiger partial charge in [-0.1, -0.05) is 37.1 Å². The summed E-state index contributed by atoms with van der Waals surface area (Å²) >= 11 is 5.16. The van der Waals surface area contributed by atoms with Crippen LogP contribution in [0.4, 0.5) is 5.69 Å². The highest BCUT2D eigenvalue weighted by Gasteiger charge is 2.23. The quantitative estimate of drug-likeness (QED) is 0.254. The number of hydrogen-bond donors (Lipinski definition) is 1. The molecule has 0 unspecified atom stereocenters. The van der Waals surface area contributed by atoms with Gasteiger partial charge in [0.1, 0.15) is 10.8 Å². The fourth-order valence-corrected chi connectivity index (χ4v) is 6.73. The lowest BCUT2D eigenvalue weighted by Crippen LogP contribution is -2.18. The lowest BCUT2D eigenvalue weighted by atomic mass is 9.95. The second kappa shape index (κ2) is 10.7. The number of anilines is 1. The average Bonchev–Trinajstić information content (AvgIpc) is 3.63. The molecule has 33 heavy (non-hydrogen) atoms. The number of nitrogens with zero attached hydrogens (tertiary/aromatic N) is 4. The Morgan fingerprint density at radius 3 is 2.88 bits per heavy atom. The van der Waals surface area contributed by atoms with Crippen molar-refractivity contribution in [2.45, 2.75) is 55.6 Å². The summed E-state index contributed by atoms with van der Waals surface area (Å²) in [5.74, 6) is 2.63. The fourth-order valence-electron chi connectivity index (χ4n) is 4.18. The number of hydrogen-bond acceptors (Lipinski definition) is 8. The third-order valence-corrected chi connectivity index (χ3v) is 8.46. The van der Waals surface area contributed by atoms with Crippen LogP contribution < -0.4 is 10.1 Å². The molecule has 0 aliphatic heterocycles. The van der Waals surface area contributed by atoms with Crippen molar-refractivity contribution in [2.24, 2.45) is 0 Å². The molecule has 1 N–H and O–H groups in total. The molecule has 1 aliphatic carbocycles. The van der Waals surface area contributed by atoms with Crippen LogP contribution in [-0.2, 0) is 12.3 Å². The van der Waals surface area contributed by atoms with E-state index in [2.05, 4.69) is 42.3 Å². The molecule has 0 atom stereocenters. The molecule has 1 aliphatic rings. The number of benzene rings is 1. The molecule has 6 nitrogen and oxygen atoms in total. The Bertz CT molecular complexity index is 1160. The largest absolute Gasteiger partial charge is 0.497 e. The Morgan fingerprint density at radius 1 is 1.15 bits per heavy atom. The number of thiophene rings is 1. The second-order valence-electron chi connectivity index (χ2n) is 8.09. The van der Waals surface area contributed by atoms with E-state index in [-0.39, 0.29) is 0 Å². The summed E-state index contributed by atoms with van der Waals surface area (Å²) in [5, 5.41) is 21.2.